The Morgan fingerprint density at radius 3 is 2.71 bits per heavy atom. The van der Waals surface area contributed by atoms with Crippen molar-refractivity contribution in [1.82, 2.24) is 29.4 Å². The highest BCUT2D eigenvalue weighted by Crippen LogP contribution is 2.40. The number of rotatable bonds is 10. The van der Waals surface area contributed by atoms with E-state index in [-0.39, 0.29) is 24.0 Å². The van der Waals surface area contributed by atoms with Crippen LogP contribution in [0.4, 0.5) is 0 Å². The summed E-state index contributed by atoms with van der Waals surface area (Å²) in [6, 6.07) is 9.83. The van der Waals surface area contributed by atoms with Gasteiger partial charge in [0, 0.05) is 44.2 Å². The van der Waals surface area contributed by atoms with Crippen LogP contribution in [0.15, 0.2) is 47.9 Å². The lowest BCUT2D eigenvalue weighted by Gasteiger charge is -2.16. The second-order valence-corrected chi connectivity index (χ2v) is 8.59. The molecule has 9 nitrogen and oxygen atoms in total. The predicted octanol–water partition coefficient (Wildman–Crippen LogP) is 1.97. The van der Waals surface area contributed by atoms with Gasteiger partial charge < -0.3 is 15.2 Å². The molecule has 3 aromatic rings. The molecule has 1 aromatic carbocycles. The second-order valence-electron chi connectivity index (χ2n) is 7.65. The molecule has 1 aliphatic carbocycles. The number of benzene rings is 1. The van der Waals surface area contributed by atoms with Crippen molar-refractivity contribution in [2.45, 2.75) is 43.4 Å². The minimum atomic E-state index is -0.363. The Balaban J connectivity index is 1.34. The summed E-state index contributed by atoms with van der Waals surface area (Å²) in [5.41, 5.74) is 7.23. The van der Waals surface area contributed by atoms with Crippen molar-refractivity contribution in [3.8, 4) is 5.69 Å². The van der Waals surface area contributed by atoms with E-state index < -0.39 is 0 Å². The molecule has 1 fully saturated rings. The van der Waals surface area contributed by atoms with E-state index >= 15 is 0 Å². The number of carbonyl (C=O) groups is 2. The van der Waals surface area contributed by atoms with Crippen LogP contribution in [0.25, 0.3) is 5.69 Å². The Kier molecular flexibility index (Phi) is 6.36. The molecule has 10 heteroatoms. The monoisotopic (exact) mass is 439 g/mol. The van der Waals surface area contributed by atoms with Crippen LogP contribution in [-0.2, 0) is 22.7 Å². The number of aromatic nitrogens is 5. The summed E-state index contributed by atoms with van der Waals surface area (Å²) in [5.74, 6) is 1.14. The lowest BCUT2D eigenvalue weighted by atomic mass is 10.3. The molecule has 1 saturated carbocycles. The Morgan fingerprint density at radius 1 is 1.23 bits per heavy atom. The highest BCUT2D eigenvalue weighted by molar-refractivity contribution is 7.99. The fourth-order valence-corrected chi connectivity index (χ4v) is 4.16. The minimum absolute atomic E-state index is 0.0186. The van der Waals surface area contributed by atoms with E-state index in [9.17, 15) is 9.59 Å². The van der Waals surface area contributed by atoms with E-state index in [0.29, 0.717) is 24.2 Å². The van der Waals surface area contributed by atoms with Gasteiger partial charge >= 0.3 is 0 Å². The van der Waals surface area contributed by atoms with E-state index in [1.165, 1.54) is 11.8 Å². The zero-order valence-electron chi connectivity index (χ0n) is 17.3. The topological polar surface area (TPSA) is 112 Å². The number of nitrogens with two attached hydrogens (primary N) is 1. The fourth-order valence-electron chi connectivity index (χ4n) is 3.24. The lowest BCUT2D eigenvalue weighted by molar-refractivity contribution is -0.127. The first-order chi connectivity index (χ1) is 15.0. The second kappa shape index (κ2) is 9.34. The maximum Gasteiger partial charge on any atom is 0.233 e. The van der Waals surface area contributed by atoms with Crippen LogP contribution < -0.4 is 5.73 Å². The first-order valence-electron chi connectivity index (χ1n) is 10.2. The Hall–Kier alpha value is -3.14. The molecule has 31 heavy (non-hydrogen) atoms. The lowest BCUT2D eigenvalue weighted by Crippen LogP contribution is -2.27. The number of carbonyl (C=O) groups excluding carboxylic acids is 2. The maximum atomic E-state index is 12.7. The Labute approximate surface area is 184 Å². The van der Waals surface area contributed by atoms with Gasteiger partial charge in [0.2, 0.25) is 11.8 Å². The normalized spacial score (nSPS) is 13.3. The average Bonchev–Trinajstić information content (AvgIpc) is 3.36. The molecule has 0 atom stereocenters. The van der Waals surface area contributed by atoms with Crippen molar-refractivity contribution in [1.29, 1.82) is 0 Å². The molecule has 0 aliphatic heterocycles. The van der Waals surface area contributed by atoms with E-state index in [0.717, 1.165) is 29.9 Å². The van der Waals surface area contributed by atoms with Gasteiger partial charge in [-0.3, -0.25) is 9.59 Å². The third-order valence-corrected chi connectivity index (χ3v) is 6.05. The minimum Gasteiger partial charge on any atom is -0.370 e. The summed E-state index contributed by atoms with van der Waals surface area (Å²) in [6.45, 7) is 0.910. The SMILES string of the molecule is CN(Cc1cnn(-c2ccccc2)c1)C(=O)CSc1nnc(C2CC2)n1CCC(N)=O. The fraction of sp³-hybridized carbons (Fsp3) is 0.381. The van der Waals surface area contributed by atoms with Gasteiger partial charge in [0.25, 0.3) is 0 Å². The highest BCUT2D eigenvalue weighted by atomic mass is 32.2. The molecule has 162 valence electrons. The van der Waals surface area contributed by atoms with Crippen molar-refractivity contribution in [2.24, 2.45) is 5.73 Å². The van der Waals surface area contributed by atoms with Crippen LogP contribution in [0.2, 0.25) is 0 Å². The van der Waals surface area contributed by atoms with Gasteiger partial charge in [-0.1, -0.05) is 30.0 Å². The molecule has 0 radical (unpaired) electrons. The van der Waals surface area contributed by atoms with Gasteiger partial charge in [0.15, 0.2) is 5.16 Å². The molecule has 2 heterocycles. The summed E-state index contributed by atoms with van der Waals surface area (Å²) < 4.78 is 3.73. The van der Waals surface area contributed by atoms with Crippen LogP contribution in [0.3, 0.4) is 0 Å². The van der Waals surface area contributed by atoms with E-state index in [4.69, 9.17) is 5.73 Å². The van der Waals surface area contributed by atoms with Gasteiger partial charge in [-0.25, -0.2) is 4.68 Å². The van der Waals surface area contributed by atoms with E-state index in [1.807, 2.05) is 41.1 Å². The van der Waals surface area contributed by atoms with Gasteiger partial charge in [-0.05, 0) is 25.0 Å². The zero-order chi connectivity index (χ0) is 21.8. The number of nitrogens with zero attached hydrogens (tertiary/aromatic N) is 6. The number of amides is 2. The highest BCUT2D eigenvalue weighted by Gasteiger charge is 2.30. The molecule has 2 aromatic heterocycles. The van der Waals surface area contributed by atoms with Gasteiger partial charge in [-0.2, -0.15) is 5.10 Å². The van der Waals surface area contributed by atoms with Crippen molar-refractivity contribution >= 4 is 23.6 Å². The average molecular weight is 440 g/mol. The molecule has 0 unspecified atom stereocenters. The smallest absolute Gasteiger partial charge is 0.233 e. The third-order valence-electron chi connectivity index (χ3n) is 5.10. The van der Waals surface area contributed by atoms with Gasteiger partial charge in [-0.15, -0.1) is 10.2 Å². The van der Waals surface area contributed by atoms with Crippen LogP contribution in [0, 0.1) is 0 Å². The number of para-hydroxylation sites is 1. The van der Waals surface area contributed by atoms with Crippen LogP contribution in [-0.4, -0.2) is 54.1 Å². The summed E-state index contributed by atoms with van der Waals surface area (Å²) >= 11 is 1.34. The summed E-state index contributed by atoms with van der Waals surface area (Å²) in [5, 5.41) is 13.6. The molecule has 2 N–H and O–H groups in total. The standard InChI is InChI=1S/C21H25N7O2S/c1-26(12-15-11-23-28(13-15)17-5-3-2-4-6-17)19(30)14-31-21-25-24-20(16-7-8-16)27(21)10-9-18(22)29/h2-6,11,13,16H,7-10,12,14H2,1H3,(H2,22,29). The zero-order valence-corrected chi connectivity index (χ0v) is 18.2. The third kappa shape index (κ3) is 5.32. The van der Waals surface area contributed by atoms with Gasteiger partial charge in [0.05, 0.1) is 17.6 Å². The molecular weight excluding hydrogens is 414 g/mol. The Bertz CT molecular complexity index is 1060. The Morgan fingerprint density at radius 2 is 2.00 bits per heavy atom. The van der Waals surface area contributed by atoms with E-state index in [2.05, 4.69) is 15.3 Å². The van der Waals surface area contributed by atoms with Crippen LogP contribution in [0.5, 0.6) is 0 Å². The van der Waals surface area contributed by atoms with Crippen LogP contribution in [0.1, 0.15) is 36.6 Å². The maximum absolute atomic E-state index is 12.7. The predicted molar refractivity (Wildman–Crippen MR) is 117 cm³/mol. The van der Waals surface area contributed by atoms with Crippen molar-refractivity contribution in [2.75, 3.05) is 12.8 Å². The molecule has 0 spiro atoms. The van der Waals surface area contributed by atoms with Crippen molar-refractivity contribution in [3.63, 3.8) is 0 Å². The number of thioether (sulfide) groups is 1. The number of primary amides is 1. The summed E-state index contributed by atoms with van der Waals surface area (Å²) in [7, 11) is 1.77. The van der Waals surface area contributed by atoms with Crippen molar-refractivity contribution in [3.05, 3.63) is 54.1 Å². The quantitative estimate of drug-likeness (QED) is 0.484. The molecule has 1 aliphatic rings. The molecular formula is C21H25N7O2S. The molecule has 0 bridgehead atoms. The first kappa shape index (κ1) is 21.1. The van der Waals surface area contributed by atoms with E-state index in [1.54, 1.807) is 22.8 Å². The summed E-state index contributed by atoms with van der Waals surface area (Å²) in [6.07, 6.45) is 6.08. The number of hydrogen-bond donors (Lipinski definition) is 1. The van der Waals surface area contributed by atoms with Crippen molar-refractivity contribution < 1.29 is 9.59 Å². The number of hydrogen-bond acceptors (Lipinski definition) is 6. The van der Waals surface area contributed by atoms with Gasteiger partial charge in [0.1, 0.15) is 5.82 Å². The summed E-state index contributed by atoms with van der Waals surface area (Å²) in [4.78, 5) is 25.6. The molecule has 2 amide bonds. The first-order valence-corrected chi connectivity index (χ1v) is 11.2. The largest absolute Gasteiger partial charge is 0.370 e. The molecule has 4 rings (SSSR count). The molecule has 0 saturated heterocycles. The van der Waals surface area contributed by atoms with Crippen LogP contribution >= 0.6 is 11.8 Å².